The third-order valence-corrected chi connectivity index (χ3v) is 2.11. The maximum Gasteiger partial charge on any atom is 0.234 e. The standard InChI is InChI=1S/C10H12N2O3/c11-4-10(13)12-5-7-1-2-8-9(3-7)15-6-14-8/h1-3H,4-6,11H2,(H,12,13). The molecular weight excluding hydrogens is 196 g/mol. The van der Waals surface area contributed by atoms with Crippen molar-refractivity contribution in [1.82, 2.24) is 5.32 Å². The van der Waals surface area contributed by atoms with E-state index < -0.39 is 0 Å². The second-order valence-electron chi connectivity index (χ2n) is 3.17. The molecule has 0 radical (unpaired) electrons. The van der Waals surface area contributed by atoms with Gasteiger partial charge in [-0.1, -0.05) is 6.07 Å². The number of nitrogens with two attached hydrogens (primary N) is 1. The van der Waals surface area contributed by atoms with Gasteiger partial charge in [-0.15, -0.1) is 0 Å². The molecule has 0 fully saturated rings. The van der Waals surface area contributed by atoms with Crippen molar-refractivity contribution in [3.63, 3.8) is 0 Å². The first kappa shape index (κ1) is 9.79. The Bertz CT molecular complexity index is 379. The minimum Gasteiger partial charge on any atom is -0.454 e. The lowest BCUT2D eigenvalue weighted by atomic mass is 10.2. The summed E-state index contributed by atoms with van der Waals surface area (Å²) in [7, 11) is 0. The van der Waals surface area contributed by atoms with Crippen molar-refractivity contribution in [2.75, 3.05) is 13.3 Å². The fourth-order valence-electron chi connectivity index (χ4n) is 1.32. The van der Waals surface area contributed by atoms with E-state index >= 15 is 0 Å². The highest BCUT2D eigenvalue weighted by molar-refractivity contribution is 5.77. The zero-order valence-electron chi connectivity index (χ0n) is 8.16. The van der Waals surface area contributed by atoms with E-state index in [0.29, 0.717) is 6.54 Å². The van der Waals surface area contributed by atoms with Crippen LogP contribution >= 0.6 is 0 Å². The van der Waals surface area contributed by atoms with E-state index in [9.17, 15) is 4.79 Å². The number of hydrogen-bond acceptors (Lipinski definition) is 4. The van der Waals surface area contributed by atoms with Crippen molar-refractivity contribution in [2.24, 2.45) is 5.73 Å². The maximum atomic E-state index is 10.9. The monoisotopic (exact) mass is 208 g/mol. The van der Waals surface area contributed by atoms with Crippen LogP contribution in [0.5, 0.6) is 11.5 Å². The molecule has 5 heteroatoms. The molecule has 15 heavy (non-hydrogen) atoms. The molecule has 0 saturated heterocycles. The zero-order chi connectivity index (χ0) is 10.7. The lowest BCUT2D eigenvalue weighted by Gasteiger charge is -2.04. The van der Waals surface area contributed by atoms with Crippen molar-refractivity contribution in [1.29, 1.82) is 0 Å². The van der Waals surface area contributed by atoms with E-state index in [1.54, 1.807) is 0 Å². The predicted octanol–water partition coefficient (Wildman–Crippen LogP) is -0.00980. The molecule has 0 saturated carbocycles. The van der Waals surface area contributed by atoms with Gasteiger partial charge in [0.05, 0.1) is 6.54 Å². The van der Waals surface area contributed by atoms with Crippen LogP contribution in [0.15, 0.2) is 18.2 Å². The second kappa shape index (κ2) is 4.18. The molecule has 0 spiro atoms. The van der Waals surface area contributed by atoms with Gasteiger partial charge in [0, 0.05) is 6.54 Å². The topological polar surface area (TPSA) is 73.6 Å². The first-order valence-corrected chi connectivity index (χ1v) is 4.65. The van der Waals surface area contributed by atoms with Gasteiger partial charge in [-0.05, 0) is 17.7 Å². The highest BCUT2D eigenvalue weighted by Gasteiger charge is 2.12. The quantitative estimate of drug-likeness (QED) is 0.732. The SMILES string of the molecule is NCC(=O)NCc1ccc2c(c1)OCO2. The Morgan fingerprint density at radius 1 is 1.40 bits per heavy atom. The average Bonchev–Trinajstić information content (AvgIpc) is 2.72. The number of rotatable bonds is 3. The summed E-state index contributed by atoms with van der Waals surface area (Å²) in [6, 6.07) is 5.55. The number of hydrogen-bond donors (Lipinski definition) is 2. The first-order valence-electron chi connectivity index (χ1n) is 4.65. The number of fused-ring (bicyclic) bond motifs is 1. The van der Waals surface area contributed by atoms with Gasteiger partial charge >= 0.3 is 0 Å². The Morgan fingerprint density at radius 3 is 3.00 bits per heavy atom. The molecule has 0 aliphatic carbocycles. The van der Waals surface area contributed by atoms with Crippen LogP contribution in [0.25, 0.3) is 0 Å². The van der Waals surface area contributed by atoms with Crippen LogP contribution in [0, 0.1) is 0 Å². The summed E-state index contributed by atoms with van der Waals surface area (Å²) >= 11 is 0. The molecule has 2 rings (SSSR count). The van der Waals surface area contributed by atoms with E-state index in [1.165, 1.54) is 0 Å². The molecule has 80 valence electrons. The van der Waals surface area contributed by atoms with Gasteiger partial charge in [-0.3, -0.25) is 4.79 Å². The molecular formula is C10H12N2O3. The Hall–Kier alpha value is -1.75. The zero-order valence-corrected chi connectivity index (χ0v) is 8.16. The summed E-state index contributed by atoms with van der Waals surface area (Å²) in [5, 5.41) is 2.68. The van der Waals surface area contributed by atoms with Crippen molar-refractivity contribution in [3.8, 4) is 11.5 Å². The predicted molar refractivity (Wildman–Crippen MR) is 53.5 cm³/mol. The van der Waals surface area contributed by atoms with Crippen LogP contribution in [-0.2, 0) is 11.3 Å². The molecule has 1 aromatic rings. The largest absolute Gasteiger partial charge is 0.454 e. The van der Waals surface area contributed by atoms with E-state index in [1.807, 2.05) is 18.2 Å². The molecule has 1 aliphatic rings. The fraction of sp³-hybridized carbons (Fsp3) is 0.300. The van der Waals surface area contributed by atoms with Crippen LogP contribution < -0.4 is 20.5 Å². The molecule has 5 nitrogen and oxygen atoms in total. The second-order valence-corrected chi connectivity index (χ2v) is 3.17. The lowest BCUT2D eigenvalue weighted by Crippen LogP contribution is -2.29. The summed E-state index contributed by atoms with van der Waals surface area (Å²) < 4.78 is 10.4. The summed E-state index contributed by atoms with van der Waals surface area (Å²) in [5.41, 5.74) is 6.13. The number of amides is 1. The summed E-state index contributed by atoms with van der Waals surface area (Å²) in [6.45, 7) is 0.713. The number of nitrogens with one attached hydrogen (secondary N) is 1. The molecule has 1 amide bonds. The van der Waals surface area contributed by atoms with Crippen LogP contribution in [0.2, 0.25) is 0 Å². The maximum absolute atomic E-state index is 10.9. The van der Waals surface area contributed by atoms with Crippen molar-refractivity contribution >= 4 is 5.91 Å². The average molecular weight is 208 g/mol. The van der Waals surface area contributed by atoms with Gasteiger partial charge in [0.25, 0.3) is 0 Å². The number of carbonyl (C=O) groups is 1. The third kappa shape index (κ3) is 2.19. The number of ether oxygens (including phenoxy) is 2. The first-order chi connectivity index (χ1) is 7.29. The Kier molecular flexibility index (Phi) is 2.73. The Labute approximate surface area is 87.2 Å². The molecule has 1 aromatic carbocycles. The van der Waals surface area contributed by atoms with Gasteiger partial charge in [-0.25, -0.2) is 0 Å². The lowest BCUT2D eigenvalue weighted by molar-refractivity contribution is -0.119. The smallest absolute Gasteiger partial charge is 0.234 e. The number of benzene rings is 1. The summed E-state index contributed by atoms with van der Waals surface area (Å²) in [6.07, 6.45) is 0. The highest BCUT2D eigenvalue weighted by atomic mass is 16.7. The van der Waals surface area contributed by atoms with E-state index in [0.717, 1.165) is 17.1 Å². The van der Waals surface area contributed by atoms with Crippen LogP contribution in [0.3, 0.4) is 0 Å². The third-order valence-electron chi connectivity index (χ3n) is 2.11. The van der Waals surface area contributed by atoms with Gasteiger partial charge in [-0.2, -0.15) is 0 Å². The Morgan fingerprint density at radius 2 is 2.20 bits per heavy atom. The van der Waals surface area contributed by atoms with Gasteiger partial charge < -0.3 is 20.5 Å². The highest BCUT2D eigenvalue weighted by Crippen LogP contribution is 2.32. The molecule has 3 N–H and O–H groups in total. The van der Waals surface area contributed by atoms with Gasteiger partial charge in [0.15, 0.2) is 11.5 Å². The van der Waals surface area contributed by atoms with Crippen LogP contribution in [0.4, 0.5) is 0 Å². The van der Waals surface area contributed by atoms with Crippen LogP contribution in [-0.4, -0.2) is 19.2 Å². The summed E-state index contributed by atoms with van der Waals surface area (Å²) in [4.78, 5) is 10.9. The van der Waals surface area contributed by atoms with Crippen LogP contribution in [0.1, 0.15) is 5.56 Å². The summed E-state index contributed by atoms with van der Waals surface area (Å²) in [5.74, 6) is 1.28. The van der Waals surface area contributed by atoms with Crippen molar-refractivity contribution in [2.45, 2.75) is 6.54 Å². The Balaban J connectivity index is 2.01. The molecule has 0 aromatic heterocycles. The van der Waals surface area contributed by atoms with Crippen molar-refractivity contribution < 1.29 is 14.3 Å². The van der Waals surface area contributed by atoms with E-state index in [-0.39, 0.29) is 19.2 Å². The fourth-order valence-corrected chi connectivity index (χ4v) is 1.32. The normalized spacial score (nSPS) is 12.6. The van der Waals surface area contributed by atoms with Crippen molar-refractivity contribution in [3.05, 3.63) is 23.8 Å². The van der Waals surface area contributed by atoms with Gasteiger partial charge in [0.2, 0.25) is 12.7 Å². The molecule has 0 atom stereocenters. The molecule has 1 aliphatic heterocycles. The van der Waals surface area contributed by atoms with E-state index in [4.69, 9.17) is 15.2 Å². The molecule has 0 unspecified atom stereocenters. The molecule has 1 heterocycles. The number of carbonyl (C=O) groups excluding carboxylic acids is 1. The van der Waals surface area contributed by atoms with E-state index in [2.05, 4.69) is 5.32 Å². The minimum atomic E-state index is -0.173. The molecule has 0 bridgehead atoms. The van der Waals surface area contributed by atoms with Gasteiger partial charge in [0.1, 0.15) is 0 Å². The minimum absolute atomic E-state index is 0.00452.